The van der Waals surface area contributed by atoms with Crippen LogP contribution in [-0.4, -0.2) is 23.0 Å². The summed E-state index contributed by atoms with van der Waals surface area (Å²) in [6, 6.07) is 14.4. The molecule has 2 aromatic carbocycles. The zero-order valence-corrected chi connectivity index (χ0v) is 12.2. The monoisotopic (exact) mass is 301 g/mol. The number of rotatable bonds is 4. The van der Waals surface area contributed by atoms with Gasteiger partial charge in [-0.3, -0.25) is 5.43 Å². The third-order valence-corrected chi connectivity index (χ3v) is 2.88. The summed E-state index contributed by atoms with van der Waals surface area (Å²) in [7, 11) is 1.54. The van der Waals surface area contributed by atoms with Crippen molar-refractivity contribution in [1.29, 1.82) is 0 Å². The van der Waals surface area contributed by atoms with E-state index in [1.165, 1.54) is 13.2 Å². The van der Waals surface area contributed by atoms with Crippen LogP contribution in [0.25, 0.3) is 0 Å². The molecule has 0 amide bonds. The second kappa shape index (κ2) is 6.71. The number of aromatic hydroxyl groups is 1. The summed E-state index contributed by atoms with van der Waals surface area (Å²) in [6.07, 6.45) is 0. The third-order valence-electron chi connectivity index (χ3n) is 2.79. The Labute approximate surface area is 128 Å². The molecule has 0 saturated heterocycles. The van der Waals surface area contributed by atoms with E-state index >= 15 is 0 Å². The van der Waals surface area contributed by atoms with E-state index in [0.717, 1.165) is 5.56 Å². The van der Waals surface area contributed by atoms with Crippen molar-refractivity contribution in [2.45, 2.75) is 0 Å². The number of ether oxygens (including phenoxy) is 1. The Balaban J connectivity index is 2.50. The first-order valence-electron chi connectivity index (χ1n) is 6.17. The first-order chi connectivity index (χ1) is 10.1. The zero-order valence-electron chi connectivity index (χ0n) is 11.4. The molecular formula is C15H15N3O2S. The van der Waals surface area contributed by atoms with Gasteiger partial charge in [-0.2, -0.15) is 5.10 Å². The van der Waals surface area contributed by atoms with E-state index in [2.05, 4.69) is 10.5 Å². The molecule has 2 rings (SSSR count). The molecule has 0 aliphatic rings. The van der Waals surface area contributed by atoms with Gasteiger partial charge in [-0.1, -0.05) is 30.3 Å². The maximum absolute atomic E-state index is 10.2. The SMILES string of the molecule is COc1ccc(/C(=N/NC(N)=S)c2ccccc2)c(O)c1. The lowest BCUT2D eigenvalue weighted by atomic mass is 10.0. The van der Waals surface area contributed by atoms with E-state index in [4.69, 9.17) is 22.7 Å². The lowest BCUT2D eigenvalue weighted by Gasteiger charge is -2.10. The summed E-state index contributed by atoms with van der Waals surface area (Å²) in [6.45, 7) is 0. The van der Waals surface area contributed by atoms with Crippen LogP contribution in [0.15, 0.2) is 53.6 Å². The first kappa shape index (κ1) is 14.8. The van der Waals surface area contributed by atoms with Gasteiger partial charge in [-0.25, -0.2) is 0 Å². The molecule has 0 saturated carbocycles. The quantitative estimate of drug-likeness (QED) is 0.457. The van der Waals surface area contributed by atoms with E-state index in [1.807, 2.05) is 30.3 Å². The molecule has 0 heterocycles. The van der Waals surface area contributed by atoms with Crippen LogP contribution >= 0.6 is 12.2 Å². The van der Waals surface area contributed by atoms with Crippen molar-refractivity contribution in [1.82, 2.24) is 5.43 Å². The van der Waals surface area contributed by atoms with Crippen molar-refractivity contribution < 1.29 is 9.84 Å². The maximum atomic E-state index is 10.2. The van der Waals surface area contributed by atoms with Crippen LogP contribution in [0.5, 0.6) is 11.5 Å². The third kappa shape index (κ3) is 3.70. The van der Waals surface area contributed by atoms with E-state index in [0.29, 0.717) is 17.0 Å². The molecule has 6 heteroatoms. The summed E-state index contributed by atoms with van der Waals surface area (Å²) >= 11 is 4.76. The number of thiocarbonyl (C=S) groups is 1. The van der Waals surface area contributed by atoms with Crippen LogP contribution in [0.3, 0.4) is 0 Å². The smallest absolute Gasteiger partial charge is 0.184 e. The van der Waals surface area contributed by atoms with Crippen LogP contribution in [-0.2, 0) is 0 Å². The van der Waals surface area contributed by atoms with Gasteiger partial charge in [0.05, 0.1) is 7.11 Å². The molecule has 0 aromatic heterocycles. The number of hydrogen-bond donors (Lipinski definition) is 3. The van der Waals surface area contributed by atoms with Crippen molar-refractivity contribution in [2.24, 2.45) is 10.8 Å². The molecule has 108 valence electrons. The molecule has 0 bridgehead atoms. The Bertz CT molecular complexity index is 672. The molecular weight excluding hydrogens is 286 g/mol. The summed E-state index contributed by atoms with van der Waals surface area (Å²) in [5, 5.41) is 14.4. The second-order valence-electron chi connectivity index (χ2n) is 4.19. The van der Waals surface area contributed by atoms with Crippen molar-refractivity contribution in [3.05, 3.63) is 59.7 Å². The van der Waals surface area contributed by atoms with Crippen LogP contribution in [0.1, 0.15) is 11.1 Å². The van der Waals surface area contributed by atoms with E-state index in [-0.39, 0.29) is 10.9 Å². The number of hydrogen-bond acceptors (Lipinski definition) is 4. The molecule has 0 aliphatic carbocycles. The van der Waals surface area contributed by atoms with E-state index in [9.17, 15) is 5.11 Å². The van der Waals surface area contributed by atoms with Crippen LogP contribution in [0.2, 0.25) is 0 Å². The van der Waals surface area contributed by atoms with Crippen LogP contribution in [0, 0.1) is 0 Å². The number of benzene rings is 2. The summed E-state index contributed by atoms with van der Waals surface area (Å²) in [4.78, 5) is 0. The highest BCUT2D eigenvalue weighted by Crippen LogP contribution is 2.26. The van der Waals surface area contributed by atoms with Crippen molar-refractivity contribution >= 4 is 23.0 Å². The van der Waals surface area contributed by atoms with Crippen molar-refractivity contribution in [3.8, 4) is 11.5 Å². The van der Waals surface area contributed by atoms with Gasteiger partial charge in [0.1, 0.15) is 17.2 Å². The molecule has 0 atom stereocenters. The van der Waals surface area contributed by atoms with Crippen LogP contribution < -0.4 is 15.9 Å². The standard InChI is InChI=1S/C15H15N3O2S/c1-20-11-7-8-12(13(19)9-11)14(17-18-15(16)21)10-5-3-2-4-6-10/h2-9,19H,1H3,(H3,16,18,21)/b17-14+. The summed E-state index contributed by atoms with van der Waals surface area (Å²) in [5.41, 5.74) is 9.86. The Hall–Kier alpha value is -2.60. The number of phenols is 1. The minimum absolute atomic E-state index is 0.0523. The largest absolute Gasteiger partial charge is 0.507 e. The number of nitrogens with one attached hydrogen (secondary N) is 1. The highest BCUT2D eigenvalue weighted by molar-refractivity contribution is 7.80. The molecule has 4 N–H and O–H groups in total. The lowest BCUT2D eigenvalue weighted by molar-refractivity contribution is 0.407. The van der Waals surface area contributed by atoms with Crippen molar-refractivity contribution in [2.75, 3.05) is 7.11 Å². The van der Waals surface area contributed by atoms with E-state index in [1.54, 1.807) is 12.1 Å². The number of nitrogens with two attached hydrogens (primary N) is 1. The molecule has 0 unspecified atom stereocenters. The number of methoxy groups -OCH3 is 1. The Morgan fingerprint density at radius 2 is 1.95 bits per heavy atom. The predicted octanol–water partition coefficient (Wildman–Crippen LogP) is 1.99. The minimum Gasteiger partial charge on any atom is -0.507 e. The van der Waals surface area contributed by atoms with Gasteiger partial charge in [0.15, 0.2) is 5.11 Å². The fourth-order valence-electron chi connectivity index (χ4n) is 1.83. The number of hydrazone groups is 1. The predicted molar refractivity (Wildman–Crippen MR) is 86.7 cm³/mol. The summed E-state index contributed by atoms with van der Waals surface area (Å²) in [5.74, 6) is 0.618. The minimum atomic E-state index is 0.0523. The summed E-state index contributed by atoms with van der Waals surface area (Å²) < 4.78 is 5.08. The molecule has 21 heavy (non-hydrogen) atoms. The molecule has 2 aromatic rings. The molecule has 0 aliphatic heterocycles. The molecule has 5 nitrogen and oxygen atoms in total. The Kier molecular flexibility index (Phi) is 4.73. The Morgan fingerprint density at radius 1 is 1.24 bits per heavy atom. The van der Waals surface area contributed by atoms with Gasteiger partial charge in [0.2, 0.25) is 0 Å². The fourth-order valence-corrected chi connectivity index (χ4v) is 1.87. The van der Waals surface area contributed by atoms with Gasteiger partial charge in [0, 0.05) is 17.2 Å². The average Bonchev–Trinajstić information content (AvgIpc) is 2.49. The number of nitrogens with zero attached hydrogens (tertiary/aromatic N) is 1. The van der Waals surface area contributed by atoms with Gasteiger partial charge in [-0.05, 0) is 24.4 Å². The van der Waals surface area contributed by atoms with Gasteiger partial charge in [-0.15, -0.1) is 0 Å². The topological polar surface area (TPSA) is 79.9 Å². The first-order valence-corrected chi connectivity index (χ1v) is 6.58. The maximum Gasteiger partial charge on any atom is 0.184 e. The normalized spacial score (nSPS) is 11.0. The van der Waals surface area contributed by atoms with Gasteiger partial charge >= 0.3 is 0 Å². The van der Waals surface area contributed by atoms with Gasteiger partial charge < -0.3 is 15.6 Å². The zero-order chi connectivity index (χ0) is 15.2. The van der Waals surface area contributed by atoms with Crippen molar-refractivity contribution in [3.63, 3.8) is 0 Å². The highest BCUT2D eigenvalue weighted by atomic mass is 32.1. The lowest BCUT2D eigenvalue weighted by Crippen LogP contribution is -2.26. The Morgan fingerprint density at radius 3 is 2.52 bits per heavy atom. The van der Waals surface area contributed by atoms with E-state index < -0.39 is 0 Å². The molecule has 0 radical (unpaired) electrons. The molecule has 0 fully saturated rings. The highest BCUT2D eigenvalue weighted by Gasteiger charge is 2.12. The molecule has 0 spiro atoms. The average molecular weight is 301 g/mol. The fraction of sp³-hybridized carbons (Fsp3) is 0.0667. The number of phenolic OH excluding ortho intramolecular Hbond substituents is 1. The van der Waals surface area contributed by atoms with Gasteiger partial charge in [0.25, 0.3) is 0 Å². The van der Waals surface area contributed by atoms with Crippen LogP contribution in [0.4, 0.5) is 0 Å². The second-order valence-corrected chi connectivity index (χ2v) is 4.63.